The van der Waals surface area contributed by atoms with Gasteiger partial charge in [-0.1, -0.05) is 0 Å². The maximum Gasteiger partial charge on any atom is 0.317 e. The van der Waals surface area contributed by atoms with Crippen molar-refractivity contribution in [2.45, 2.75) is 12.8 Å². The van der Waals surface area contributed by atoms with Crippen LogP contribution in [-0.4, -0.2) is 68.1 Å². The molecule has 2 rings (SSSR count). The summed E-state index contributed by atoms with van der Waals surface area (Å²) in [4.78, 5) is 25.0. The van der Waals surface area contributed by atoms with Crippen LogP contribution in [0, 0.1) is 5.41 Å². The molecule has 0 atom stereocenters. The monoisotopic (exact) mass is 272 g/mol. The fourth-order valence-electron chi connectivity index (χ4n) is 2.35. The summed E-state index contributed by atoms with van der Waals surface area (Å²) >= 11 is 0. The van der Waals surface area contributed by atoms with Crippen LogP contribution in [0.5, 0.6) is 0 Å². The number of carboxylic acid groups (broad SMARTS) is 1. The number of hydrogen-bond donors (Lipinski definition) is 2. The molecule has 108 valence electrons. The molecule has 0 aromatic carbocycles. The van der Waals surface area contributed by atoms with Gasteiger partial charge in [0.15, 0.2) is 0 Å². The summed E-state index contributed by atoms with van der Waals surface area (Å²) in [7, 11) is 0. The van der Waals surface area contributed by atoms with Crippen molar-refractivity contribution in [1.82, 2.24) is 10.2 Å². The van der Waals surface area contributed by atoms with Crippen molar-refractivity contribution < 1.29 is 24.2 Å². The molecule has 0 radical (unpaired) electrons. The Morgan fingerprint density at radius 3 is 2.26 bits per heavy atom. The van der Waals surface area contributed by atoms with Gasteiger partial charge >= 0.3 is 12.0 Å². The molecular weight excluding hydrogens is 252 g/mol. The van der Waals surface area contributed by atoms with Crippen LogP contribution in [-0.2, 0) is 14.3 Å². The number of carbonyl (C=O) groups is 2. The third-order valence-corrected chi connectivity index (χ3v) is 3.78. The van der Waals surface area contributed by atoms with E-state index in [1.54, 1.807) is 4.90 Å². The average Bonchev–Trinajstić information content (AvgIpc) is 2.46. The lowest BCUT2D eigenvalue weighted by Gasteiger charge is -2.34. The molecule has 0 saturated carbocycles. The molecule has 2 aliphatic rings. The summed E-state index contributed by atoms with van der Waals surface area (Å²) in [5.74, 6) is -0.863. The van der Waals surface area contributed by atoms with Crippen LogP contribution < -0.4 is 5.32 Å². The molecule has 0 bridgehead atoms. The second kappa shape index (κ2) is 6.21. The van der Waals surface area contributed by atoms with Crippen LogP contribution in [0.25, 0.3) is 0 Å². The lowest BCUT2D eigenvalue weighted by molar-refractivity contribution is -0.154. The van der Waals surface area contributed by atoms with Crippen molar-refractivity contribution in [2.24, 2.45) is 5.41 Å². The average molecular weight is 272 g/mol. The van der Waals surface area contributed by atoms with Gasteiger partial charge in [-0.2, -0.15) is 0 Å². The molecule has 0 unspecified atom stereocenters. The minimum Gasteiger partial charge on any atom is -0.481 e. The SMILES string of the molecule is O=C(NCC1(C(=O)O)CCOCC1)N1CCOCC1. The molecule has 7 nitrogen and oxygen atoms in total. The van der Waals surface area contributed by atoms with E-state index in [1.807, 2.05) is 0 Å². The van der Waals surface area contributed by atoms with E-state index in [0.717, 1.165) is 0 Å². The molecule has 2 heterocycles. The van der Waals surface area contributed by atoms with Crippen molar-refractivity contribution in [2.75, 3.05) is 46.1 Å². The van der Waals surface area contributed by atoms with Gasteiger partial charge in [-0.25, -0.2) is 4.79 Å². The van der Waals surface area contributed by atoms with Crippen LogP contribution >= 0.6 is 0 Å². The van der Waals surface area contributed by atoms with Crippen molar-refractivity contribution >= 4 is 12.0 Å². The largest absolute Gasteiger partial charge is 0.481 e. The predicted molar refractivity (Wildman–Crippen MR) is 65.9 cm³/mol. The molecular formula is C12H20N2O5. The first kappa shape index (κ1) is 14.1. The first-order valence-corrected chi connectivity index (χ1v) is 6.56. The highest BCUT2D eigenvalue weighted by atomic mass is 16.5. The Hall–Kier alpha value is -1.34. The molecule has 2 aliphatic heterocycles. The fraction of sp³-hybridized carbons (Fsp3) is 0.833. The minimum atomic E-state index is -0.889. The van der Waals surface area contributed by atoms with Gasteiger partial charge in [0, 0.05) is 32.8 Å². The van der Waals surface area contributed by atoms with Gasteiger partial charge < -0.3 is 24.8 Å². The van der Waals surface area contributed by atoms with Crippen molar-refractivity contribution in [3.63, 3.8) is 0 Å². The minimum absolute atomic E-state index is 0.155. The zero-order chi connectivity index (χ0) is 13.7. The molecule has 2 saturated heterocycles. The predicted octanol–water partition coefficient (Wildman–Crippen LogP) is -0.0904. The van der Waals surface area contributed by atoms with Gasteiger partial charge in [-0.15, -0.1) is 0 Å². The Bertz CT molecular complexity index is 335. The number of carbonyl (C=O) groups excluding carboxylic acids is 1. The van der Waals surface area contributed by atoms with Gasteiger partial charge in [-0.05, 0) is 12.8 Å². The summed E-state index contributed by atoms with van der Waals surface area (Å²) in [6.45, 7) is 3.18. The van der Waals surface area contributed by atoms with E-state index in [0.29, 0.717) is 52.4 Å². The molecule has 0 aliphatic carbocycles. The summed E-state index contributed by atoms with van der Waals surface area (Å²) in [6.07, 6.45) is 0.872. The van der Waals surface area contributed by atoms with E-state index >= 15 is 0 Å². The number of hydrogen-bond acceptors (Lipinski definition) is 4. The second-order valence-corrected chi connectivity index (χ2v) is 4.96. The summed E-state index contributed by atoms with van der Waals surface area (Å²) < 4.78 is 10.4. The number of nitrogens with zero attached hydrogens (tertiary/aromatic N) is 1. The lowest BCUT2D eigenvalue weighted by atomic mass is 9.80. The van der Waals surface area contributed by atoms with E-state index < -0.39 is 11.4 Å². The zero-order valence-corrected chi connectivity index (χ0v) is 10.9. The summed E-state index contributed by atoms with van der Waals surface area (Å²) in [5.41, 5.74) is -0.889. The van der Waals surface area contributed by atoms with Gasteiger partial charge in [0.2, 0.25) is 0 Å². The number of rotatable bonds is 3. The Labute approximate surface area is 111 Å². The normalized spacial score (nSPS) is 22.8. The van der Waals surface area contributed by atoms with Crippen LogP contribution in [0.4, 0.5) is 4.79 Å². The van der Waals surface area contributed by atoms with Crippen LogP contribution in [0.2, 0.25) is 0 Å². The fourth-order valence-corrected chi connectivity index (χ4v) is 2.35. The molecule has 2 fully saturated rings. The zero-order valence-electron chi connectivity index (χ0n) is 10.9. The van der Waals surface area contributed by atoms with E-state index in [9.17, 15) is 14.7 Å². The maximum atomic E-state index is 11.9. The van der Waals surface area contributed by atoms with Crippen molar-refractivity contribution in [3.05, 3.63) is 0 Å². The molecule has 2 N–H and O–H groups in total. The maximum absolute atomic E-state index is 11.9. The van der Waals surface area contributed by atoms with Crippen molar-refractivity contribution in [3.8, 4) is 0 Å². The number of nitrogens with one attached hydrogen (secondary N) is 1. The van der Waals surface area contributed by atoms with Crippen LogP contribution in [0.15, 0.2) is 0 Å². The Morgan fingerprint density at radius 2 is 1.68 bits per heavy atom. The Morgan fingerprint density at radius 1 is 1.11 bits per heavy atom. The van der Waals surface area contributed by atoms with Crippen LogP contribution in [0.3, 0.4) is 0 Å². The smallest absolute Gasteiger partial charge is 0.317 e. The Balaban J connectivity index is 1.87. The van der Waals surface area contributed by atoms with E-state index in [1.165, 1.54) is 0 Å². The van der Waals surface area contributed by atoms with Gasteiger partial charge in [0.25, 0.3) is 0 Å². The standard InChI is InChI=1S/C12H20N2O5/c15-10(16)12(1-5-18-6-2-12)9-13-11(17)14-3-7-19-8-4-14/h1-9H2,(H,13,17)(H,15,16). The number of amides is 2. The molecule has 0 aromatic rings. The second-order valence-electron chi connectivity index (χ2n) is 4.96. The van der Waals surface area contributed by atoms with Crippen molar-refractivity contribution in [1.29, 1.82) is 0 Å². The number of carboxylic acids is 1. The molecule has 7 heteroatoms. The van der Waals surface area contributed by atoms with E-state index in [2.05, 4.69) is 5.32 Å². The van der Waals surface area contributed by atoms with E-state index in [4.69, 9.17) is 9.47 Å². The molecule has 19 heavy (non-hydrogen) atoms. The van der Waals surface area contributed by atoms with Gasteiger partial charge in [0.1, 0.15) is 0 Å². The highest BCUT2D eigenvalue weighted by Crippen LogP contribution is 2.30. The quantitative estimate of drug-likeness (QED) is 0.749. The van der Waals surface area contributed by atoms with E-state index in [-0.39, 0.29) is 12.6 Å². The molecule has 0 aromatic heterocycles. The number of ether oxygens (including phenoxy) is 2. The topological polar surface area (TPSA) is 88.1 Å². The molecule has 0 spiro atoms. The third kappa shape index (κ3) is 3.36. The number of urea groups is 1. The highest BCUT2D eigenvalue weighted by Gasteiger charge is 2.40. The lowest BCUT2D eigenvalue weighted by Crippen LogP contribution is -2.51. The summed E-state index contributed by atoms with van der Waals surface area (Å²) in [6, 6.07) is -0.213. The number of aliphatic carboxylic acids is 1. The first-order chi connectivity index (χ1) is 9.14. The number of morpholine rings is 1. The Kier molecular flexibility index (Phi) is 4.60. The van der Waals surface area contributed by atoms with Crippen LogP contribution in [0.1, 0.15) is 12.8 Å². The molecule has 2 amide bonds. The summed E-state index contributed by atoms with van der Waals surface area (Å²) in [5, 5.41) is 12.1. The van der Waals surface area contributed by atoms with Gasteiger partial charge in [-0.3, -0.25) is 4.79 Å². The third-order valence-electron chi connectivity index (χ3n) is 3.78. The highest BCUT2D eigenvalue weighted by molar-refractivity contribution is 5.78. The first-order valence-electron chi connectivity index (χ1n) is 6.56. The van der Waals surface area contributed by atoms with Gasteiger partial charge in [0.05, 0.1) is 18.6 Å².